The number of β-lactam (4-membered cyclic amide) rings is 2. The highest BCUT2D eigenvalue weighted by Gasteiger charge is 2.63. The smallest absolute Gasteiger partial charge is 0.265 e. The van der Waals surface area contributed by atoms with Gasteiger partial charge in [-0.3, -0.25) is 20.2 Å². The molecule has 0 aliphatic carbocycles. The van der Waals surface area contributed by atoms with Gasteiger partial charge in [-0.05, 0) is 38.9 Å². The number of amides is 2. The van der Waals surface area contributed by atoms with Gasteiger partial charge in [0.05, 0.1) is 17.7 Å². The van der Waals surface area contributed by atoms with Crippen molar-refractivity contribution in [3.05, 3.63) is 251 Å². The second-order valence-corrected chi connectivity index (χ2v) is 15.1. The molecule has 8 nitrogen and oxygen atoms in total. The number of ether oxygens (including phenoxy) is 2. The van der Waals surface area contributed by atoms with E-state index >= 15 is 0 Å². The fraction of sp³-hybridized carbons (Fsp3) is 0.154. The highest BCUT2D eigenvalue weighted by Crippen LogP contribution is 2.43. The second kappa shape index (κ2) is 16.9. The van der Waals surface area contributed by atoms with E-state index in [4.69, 9.17) is 9.47 Å². The van der Waals surface area contributed by atoms with Crippen molar-refractivity contribution in [3.63, 3.8) is 0 Å². The number of hydrogen-bond donors (Lipinski definition) is 2. The number of methoxy groups -OCH3 is 1. The van der Waals surface area contributed by atoms with Gasteiger partial charge < -0.3 is 9.47 Å². The van der Waals surface area contributed by atoms with Gasteiger partial charge in [-0.15, -0.1) is 0 Å². The fourth-order valence-electron chi connectivity index (χ4n) is 8.88. The second-order valence-electron chi connectivity index (χ2n) is 15.1. The summed E-state index contributed by atoms with van der Waals surface area (Å²) in [4.78, 5) is 29.8. The van der Waals surface area contributed by atoms with E-state index in [0.717, 1.165) is 38.9 Å². The van der Waals surface area contributed by atoms with Gasteiger partial charge in [-0.25, -0.2) is 10.0 Å². The van der Waals surface area contributed by atoms with Gasteiger partial charge in [0.25, 0.3) is 11.8 Å². The standard InChI is InChI=1S/C52H46N4O4/c1-59-49-45(53-51(39-25-11-3-12-26-39,40-27-13-4-14-28-40)41-29-15-5-16-30-41)47(57)55(49)56-48(58)46(50(56)60-37-38-23-9-2-10-24-38)54-52(42-31-17-6-18-32-42,43-33-19-7-20-34-43)44-35-21-8-22-36-44/h2-36,45-46,49-50,53-54H,37H2,1H3/t45-,46-,49-,50+/m1/s1. The number of nitrogens with zero attached hydrogens (tertiary/aromatic N) is 2. The molecule has 0 saturated carbocycles. The Balaban J connectivity index is 1.10. The van der Waals surface area contributed by atoms with Crippen LogP contribution < -0.4 is 10.6 Å². The first-order valence-electron chi connectivity index (χ1n) is 20.3. The number of carbonyl (C=O) groups is 2. The van der Waals surface area contributed by atoms with Crippen molar-refractivity contribution in [1.82, 2.24) is 20.7 Å². The van der Waals surface area contributed by atoms with E-state index in [-0.39, 0.29) is 18.4 Å². The zero-order valence-corrected chi connectivity index (χ0v) is 33.3. The molecule has 7 aromatic rings. The maximum Gasteiger partial charge on any atom is 0.265 e. The van der Waals surface area contributed by atoms with Crippen LogP contribution in [0.15, 0.2) is 212 Å². The van der Waals surface area contributed by atoms with Crippen molar-refractivity contribution >= 4 is 11.8 Å². The molecule has 2 heterocycles. The van der Waals surface area contributed by atoms with Crippen LogP contribution in [0.3, 0.4) is 0 Å². The summed E-state index contributed by atoms with van der Waals surface area (Å²) in [5, 5.41) is 10.5. The van der Waals surface area contributed by atoms with E-state index in [0.29, 0.717) is 0 Å². The summed E-state index contributed by atoms with van der Waals surface area (Å²) in [7, 11) is 1.57. The Morgan fingerprint density at radius 2 is 0.683 bits per heavy atom. The Labute approximate surface area is 351 Å². The minimum absolute atomic E-state index is 0.211. The van der Waals surface area contributed by atoms with Crippen LogP contribution >= 0.6 is 0 Å². The lowest BCUT2D eigenvalue weighted by Gasteiger charge is -2.60. The average molecular weight is 791 g/mol. The summed E-state index contributed by atoms with van der Waals surface area (Å²) in [6.07, 6.45) is -1.72. The van der Waals surface area contributed by atoms with Gasteiger partial charge in [0, 0.05) is 7.11 Å². The largest absolute Gasteiger partial charge is 0.357 e. The van der Waals surface area contributed by atoms with Crippen LogP contribution in [-0.2, 0) is 36.7 Å². The molecule has 7 aromatic carbocycles. The number of rotatable bonds is 15. The zero-order chi connectivity index (χ0) is 40.9. The molecular weight excluding hydrogens is 745 g/mol. The van der Waals surface area contributed by atoms with E-state index in [9.17, 15) is 9.59 Å². The van der Waals surface area contributed by atoms with Gasteiger partial charge in [-0.2, -0.15) is 0 Å². The molecule has 0 radical (unpaired) electrons. The molecule has 0 unspecified atom stereocenters. The molecule has 0 aromatic heterocycles. The summed E-state index contributed by atoms with van der Waals surface area (Å²) in [5.41, 5.74) is 4.75. The van der Waals surface area contributed by atoms with E-state index in [1.54, 1.807) is 7.11 Å². The molecule has 60 heavy (non-hydrogen) atoms. The molecule has 9 rings (SSSR count). The number of hydrazine groups is 1. The van der Waals surface area contributed by atoms with Crippen LogP contribution in [0.25, 0.3) is 0 Å². The average Bonchev–Trinajstić information content (AvgIpc) is 3.33. The van der Waals surface area contributed by atoms with Crippen LogP contribution in [0, 0.1) is 0 Å². The molecule has 2 aliphatic rings. The molecule has 2 aliphatic heterocycles. The summed E-state index contributed by atoms with van der Waals surface area (Å²) in [5.74, 6) is -0.621. The first-order valence-corrected chi connectivity index (χ1v) is 20.3. The predicted molar refractivity (Wildman–Crippen MR) is 232 cm³/mol. The van der Waals surface area contributed by atoms with Crippen LogP contribution in [-0.4, -0.2) is 53.5 Å². The molecule has 298 valence electrons. The zero-order valence-electron chi connectivity index (χ0n) is 33.3. The Bertz CT molecular complexity index is 2300. The summed E-state index contributed by atoms with van der Waals surface area (Å²) in [6.45, 7) is 0.211. The van der Waals surface area contributed by atoms with Crippen molar-refractivity contribution in [1.29, 1.82) is 0 Å². The minimum atomic E-state index is -0.963. The Morgan fingerprint density at radius 3 is 0.983 bits per heavy atom. The van der Waals surface area contributed by atoms with E-state index < -0.39 is 35.6 Å². The predicted octanol–water partition coefficient (Wildman–Crippen LogP) is 8.00. The highest BCUT2D eigenvalue weighted by molar-refractivity contribution is 5.96. The molecule has 0 spiro atoms. The summed E-state index contributed by atoms with van der Waals surface area (Å²) < 4.78 is 12.9. The van der Waals surface area contributed by atoms with Crippen molar-refractivity contribution in [2.45, 2.75) is 42.2 Å². The third-order valence-corrected chi connectivity index (χ3v) is 11.8. The third-order valence-electron chi connectivity index (χ3n) is 11.8. The van der Waals surface area contributed by atoms with Gasteiger partial charge in [0.1, 0.15) is 12.1 Å². The fourth-order valence-corrected chi connectivity index (χ4v) is 8.88. The molecule has 2 fully saturated rings. The van der Waals surface area contributed by atoms with Gasteiger partial charge in [0.15, 0.2) is 12.5 Å². The first kappa shape index (κ1) is 38.8. The Hall–Kier alpha value is -6.68. The van der Waals surface area contributed by atoms with Crippen molar-refractivity contribution in [2.75, 3.05) is 7.11 Å². The molecule has 8 heteroatoms. The molecule has 0 bridgehead atoms. The van der Waals surface area contributed by atoms with Crippen molar-refractivity contribution in [2.24, 2.45) is 0 Å². The monoisotopic (exact) mass is 790 g/mol. The lowest BCUT2D eigenvalue weighted by molar-refractivity contribution is -0.286. The summed E-state index contributed by atoms with van der Waals surface area (Å²) >= 11 is 0. The van der Waals surface area contributed by atoms with Gasteiger partial charge >= 0.3 is 0 Å². The Kier molecular flexibility index (Phi) is 10.9. The quantitative estimate of drug-likeness (QED) is 0.0810. The molecule has 2 N–H and O–H groups in total. The van der Waals surface area contributed by atoms with E-state index in [2.05, 4.69) is 83.4 Å². The summed E-state index contributed by atoms with van der Waals surface area (Å²) in [6, 6.07) is 68.9. The number of hydrogen-bond acceptors (Lipinski definition) is 6. The SMILES string of the molecule is CO[C@@H]1[C@H](NC(c2ccccc2)(c2ccccc2)c2ccccc2)C(=O)N1N1C(=O)[C@@H](NC(c2ccccc2)(c2ccccc2)c2ccccc2)[C@@H]1OCc1ccccc1. The normalized spacial score (nSPS) is 19.1. The van der Waals surface area contributed by atoms with Gasteiger partial charge in [0.2, 0.25) is 0 Å². The topological polar surface area (TPSA) is 83.1 Å². The van der Waals surface area contributed by atoms with Crippen LogP contribution in [0.1, 0.15) is 38.9 Å². The molecular formula is C52H46N4O4. The van der Waals surface area contributed by atoms with Gasteiger partial charge in [-0.1, -0.05) is 212 Å². The van der Waals surface area contributed by atoms with E-state index in [1.165, 1.54) is 10.0 Å². The first-order chi connectivity index (χ1) is 29.6. The molecule has 4 atom stereocenters. The Morgan fingerprint density at radius 1 is 0.417 bits per heavy atom. The maximum absolute atomic E-state index is 15.0. The van der Waals surface area contributed by atoms with E-state index in [1.807, 2.05) is 140 Å². The van der Waals surface area contributed by atoms with Crippen molar-refractivity contribution in [3.8, 4) is 0 Å². The maximum atomic E-state index is 15.0. The minimum Gasteiger partial charge on any atom is -0.357 e. The number of nitrogens with one attached hydrogen (secondary N) is 2. The molecule has 2 saturated heterocycles. The van der Waals surface area contributed by atoms with Crippen LogP contribution in [0.5, 0.6) is 0 Å². The van der Waals surface area contributed by atoms with Crippen molar-refractivity contribution < 1.29 is 19.1 Å². The highest BCUT2D eigenvalue weighted by atomic mass is 16.5. The number of benzene rings is 7. The molecule has 2 amide bonds. The lowest BCUT2D eigenvalue weighted by Crippen LogP contribution is -2.85. The van der Waals surface area contributed by atoms with Crippen LogP contribution in [0.2, 0.25) is 0 Å². The third kappa shape index (κ3) is 6.79. The lowest BCUT2D eigenvalue weighted by atomic mass is 9.75. The van der Waals surface area contributed by atoms with Crippen LogP contribution in [0.4, 0.5) is 0 Å². The number of carbonyl (C=O) groups excluding carboxylic acids is 2.